The first-order valence-corrected chi connectivity index (χ1v) is 7.46. The fourth-order valence-corrected chi connectivity index (χ4v) is 3.09. The third-order valence-corrected chi connectivity index (χ3v) is 3.91. The lowest BCUT2D eigenvalue weighted by molar-refractivity contribution is 0.456. The van der Waals surface area contributed by atoms with Crippen molar-refractivity contribution in [1.29, 1.82) is 0 Å². The van der Waals surface area contributed by atoms with Gasteiger partial charge in [0.25, 0.3) is 0 Å². The van der Waals surface area contributed by atoms with Crippen LogP contribution in [0, 0.1) is 6.92 Å². The van der Waals surface area contributed by atoms with Crippen LogP contribution in [0.25, 0.3) is 22.5 Å². The zero-order valence-electron chi connectivity index (χ0n) is 12.0. The number of aryl methyl sites for hydroxylation is 1. The van der Waals surface area contributed by atoms with E-state index in [1.165, 1.54) is 12.3 Å². The monoisotopic (exact) mass is 347 g/mol. The van der Waals surface area contributed by atoms with Gasteiger partial charge in [0.15, 0.2) is 0 Å². The average Bonchev–Trinajstić information content (AvgIpc) is 2.49. The molecule has 0 fully saturated rings. The van der Waals surface area contributed by atoms with Crippen molar-refractivity contribution in [2.75, 3.05) is 0 Å². The first-order chi connectivity index (χ1) is 11.0. The largest absolute Gasteiger partial charge is 0.507 e. The molecule has 1 aromatic carbocycles. The molecular weight excluding hydrogens is 337 g/mol. The Kier molecular flexibility index (Phi) is 4.11. The fourth-order valence-electron chi connectivity index (χ4n) is 2.30. The van der Waals surface area contributed by atoms with Crippen molar-refractivity contribution >= 4 is 23.2 Å². The molecule has 23 heavy (non-hydrogen) atoms. The van der Waals surface area contributed by atoms with Crippen molar-refractivity contribution in [1.82, 2.24) is 4.98 Å². The maximum Gasteiger partial charge on any atom is 0.348 e. The summed E-state index contributed by atoms with van der Waals surface area (Å²) in [6, 6.07) is 8.10. The molecule has 4 nitrogen and oxygen atoms in total. The van der Waals surface area contributed by atoms with E-state index in [-0.39, 0.29) is 32.7 Å². The fraction of sp³-hybridized carbons (Fsp3) is 0.0588. The quantitative estimate of drug-likeness (QED) is 0.730. The first-order valence-electron chi connectivity index (χ1n) is 6.71. The van der Waals surface area contributed by atoms with E-state index >= 15 is 0 Å². The van der Waals surface area contributed by atoms with Gasteiger partial charge in [0.05, 0.1) is 10.0 Å². The lowest BCUT2D eigenvalue weighted by Gasteiger charge is -2.10. The van der Waals surface area contributed by atoms with E-state index in [0.717, 1.165) is 5.56 Å². The standard InChI is InChI=1S/C17H11Cl2NO3/c1-9-5-11(18)15(12(19)6-9)16-13(21)7-14(23-17(16)22)10-3-2-4-20-8-10/h2-8,21H,1H3. The van der Waals surface area contributed by atoms with Gasteiger partial charge >= 0.3 is 5.63 Å². The Morgan fingerprint density at radius 2 is 1.83 bits per heavy atom. The van der Waals surface area contributed by atoms with Crippen LogP contribution in [0.2, 0.25) is 10.0 Å². The summed E-state index contributed by atoms with van der Waals surface area (Å²) in [6.07, 6.45) is 3.13. The van der Waals surface area contributed by atoms with Gasteiger partial charge in [0, 0.05) is 29.6 Å². The molecule has 1 N–H and O–H groups in total. The summed E-state index contributed by atoms with van der Waals surface area (Å²) in [7, 11) is 0. The van der Waals surface area contributed by atoms with Crippen molar-refractivity contribution < 1.29 is 9.52 Å². The van der Waals surface area contributed by atoms with E-state index in [0.29, 0.717) is 5.56 Å². The summed E-state index contributed by atoms with van der Waals surface area (Å²) in [6.45, 7) is 1.83. The summed E-state index contributed by atoms with van der Waals surface area (Å²) < 4.78 is 5.30. The van der Waals surface area contributed by atoms with Crippen molar-refractivity contribution in [3.05, 3.63) is 68.8 Å². The smallest absolute Gasteiger partial charge is 0.348 e. The van der Waals surface area contributed by atoms with Crippen molar-refractivity contribution in [3.8, 4) is 28.2 Å². The van der Waals surface area contributed by atoms with E-state index in [1.807, 2.05) is 6.92 Å². The highest BCUT2D eigenvalue weighted by atomic mass is 35.5. The van der Waals surface area contributed by atoms with Crippen LogP contribution in [0.15, 0.2) is 51.9 Å². The molecule has 0 aliphatic carbocycles. The number of aromatic hydroxyl groups is 1. The molecule has 0 aliphatic rings. The number of hydrogen-bond donors (Lipinski definition) is 1. The Hall–Kier alpha value is -2.30. The van der Waals surface area contributed by atoms with Gasteiger partial charge in [-0.25, -0.2) is 4.79 Å². The van der Waals surface area contributed by atoms with Gasteiger partial charge in [-0.2, -0.15) is 0 Å². The van der Waals surface area contributed by atoms with Gasteiger partial charge in [-0.05, 0) is 36.8 Å². The van der Waals surface area contributed by atoms with Gasteiger partial charge in [-0.15, -0.1) is 0 Å². The first kappa shape index (κ1) is 15.6. The number of benzene rings is 1. The Balaban J connectivity index is 2.22. The second-order valence-electron chi connectivity index (χ2n) is 5.00. The zero-order chi connectivity index (χ0) is 16.6. The van der Waals surface area contributed by atoms with Crippen LogP contribution >= 0.6 is 23.2 Å². The molecule has 0 amide bonds. The Labute approximate surface area is 141 Å². The van der Waals surface area contributed by atoms with E-state index in [9.17, 15) is 9.90 Å². The summed E-state index contributed by atoms with van der Waals surface area (Å²) in [4.78, 5) is 16.3. The van der Waals surface area contributed by atoms with Crippen molar-refractivity contribution in [3.63, 3.8) is 0 Å². The van der Waals surface area contributed by atoms with E-state index in [2.05, 4.69) is 4.98 Å². The molecular formula is C17H11Cl2NO3. The molecule has 0 saturated heterocycles. The van der Waals surface area contributed by atoms with Crippen LogP contribution < -0.4 is 5.63 Å². The number of hydrogen-bond acceptors (Lipinski definition) is 4. The molecule has 6 heteroatoms. The van der Waals surface area contributed by atoms with Crippen LogP contribution in [0.5, 0.6) is 5.75 Å². The predicted molar refractivity (Wildman–Crippen MR) is 90.1 cm³/mol. The minimum Gasteiger partial charge on any atom is -0.507 e. The molecule has 3 rings (SSSR count). The normalized spacial score (nSPS) is 10.7. The highest BCUT2D eigenvalue weighted by molar-refractivity contribution is 6.39. The summed E-state index contributed by atoms with van der Waals surface area (Å²) in [5.74, 6) is -0.0449. The van der Waals surface area contributed by atoms with Crippen LogP contribution in [0.1, 0.15) is 5.56 Å². The number of rotatable bonds is 2. The molecule has 2 heterocycles. The molecule has 0 unspecified atom stereocenters. The maximum absolute atomic E-state index is 12.4. The predicted octanol–water partition coefficient (Wildman–Crippen LogP) is 4.69. The van der Waals surface area contributed by atoms with Crippen LogP contribution in [0.4, 0.5) is 0 Å². The Morgan fingerprint density at radius 3 is 2.39 bits per heavy atom. The minimum absolute atomic E-state index is 0.0624. The topological polar surface area (TPSA) is 63.3 Å². The van der Waals surface area contributed by atoms with E-state index < -0.39 is 5.63 Å². The number of aromatic nitrogens is 1. The summed E-state index contributed by atoms with van der Waals surface area (Å²) in [5, 5.41) is 10.8. The molecule has 2 aromatic heterocycles. The van der Waals surface area contributed by atoms with Gasteiger partial charge in [0.2, 0.25) is 0 Å². The molecule has 0 bridgehead atoms. The van der Waals surface area contributed by atoms with Crippen molar-refractivity contribution in [2.45, 2.75) is 6.92 Å². The lowest BCUT2D eigenvalue weighted by atomic mass is 10.0. The van der Waals surface area contributed by atoms with Gasteiger partial charge in [-0.1, -0.05) is 23.2 Å². The number of nitrogens with zero attached hydrogens (tertiary/aromatic N) is 1. The number of halogens is 2. The molecule has 0 atom stereocenters. The Morgan fingerprint density at radius 1 is 1.13 bits per heavy atom. The van der Waals surface area contributed by atoms with Crippen LogP contribution in [-0.2, 0) is 0 Å². The van der Waals surface area contributed by atoms with E-state index in [1.54, 1.807) is 30.5 Å². The highest BCUT2D eigenvalue weighted by Crippen LogP contribution is 2.39. The molecule has 0 aliphatic heterocycles. The van der Waals surface area contributed by atoms with Crippen LogP contribution in [-0.4, -0.2) is 10.1 Å². The van der Waals surface area contributed by atoms with Gasteiger partial charge < -0.3 is 9.52 Å². The third-order valence-electron chi connectivity index (χ3n) is 3.31. The summed E-state index contributed by atoms with van der Waals surface area (Å²) in [5.41, 5.74) is 0.888. The van der Waals surface area contributed by atoms with E-state index in [4.69, 9.17) is 27.6 Å². The molecule has 0 saturated carbocycles. The second kappa shape index (κ2) is 6.07. The van der Waals surface area contributed by atoms with Gasteiger partial charge in [0.1, 0.15) is 17.1 Å². The molecule has 0 radical (unpaired) electrons. The zero-order valence-corrected chi connectivity index (χ0v) is 13.5. The molecule has 3 aromatic rings. The van der Waals surface area contributed by atoms with Crippen molar-refractivity contribution in [2.24, 2.45) is 0 Å². The van der Waals surface area contributed by atoms with Gasteiger partial charge in [-0.3, -0.25) is 4.98 Å². The second-order valence-corrected chi connectivity index (χ2v) is 5.82. The Bertz CT molecular complexity index is 913. The SMILES string of the molecule is Cc1cc(Cl)c(-c2c(O)cc(-c3cccnc3)oc2=O)c(Cl)c1. The molecule has 116 valence electrons. The maximum atomic E-state index is 12.4. The molecule has 0 spiro atoms. The highest BCUT2D eigenvalue weighted by Gasteiger charge is 2.20. The minimum atomic E-state index is -0.725. The lowest BCUT2D eigenvalue weighted by Crippen LogP contribution is -2.05. The summed E-state index contributed by atoms with van der Waals surface area (Å²) >= 11 is 12.4. The number of pyridine rings is 1. The average molecular weight is 348 g/mol. The van der Waals surface area contributed by atoms with Crippen LogP contribution in [0.3, 0.4) is 0 Å². The third kappa shape index (κ3) is 2.96.